The first-order chi connectivity index (χ1) is 9.61. The zero-order valence-corrected chi connectivity index (χ0v) is 13.3. The van der Waals surface area contributed by atoms with Crippen LogP contribution in [0.4, 0.5) is 5.69 Å². The third-order valence-electron chi connectivity index (χ3n) is 3.31. The molecule has 106 valence electrons. The van der Waals surface area contributed by atoms with Gasteiger partial charge in [0.2, 0.25) is 0 Å². The summed E-state index contributed by atoms with van der Waals surface area (Å²) in [5.41, 5.74) is 3.52. The highest BCUT2D eigenvalue weighted by molar-refractivity contribution is 6.30. The zero-order chi connectivity index (χ0) is 14.5. The Labute approximate surface area is 131 Å². The lowest BCUT2D eigenvalue weighted by atomic mass is 10.1. The Morgan fingerprint density at radius 1 is 1.05 bits per heavy atom. The summed E-state index contributed by atoms with van der Waals surface area (Å²) in [6.45, 7) is 5.25. The van der Waals surface area contributed by atoms with Gasteiger partial charge in [0.25, 0.3) is 0 Å². The van der Waals surface area contributed by atoms with Crippen molar-refractivity contribution in [3.63, 3.8) is 0 Å². The van der Waals surface area contributed by atoms with E-state index in [1.165, 1.54) is 5.56 Å². The van der Waals surface area contributed by atoms with E-state index < -0.39 is 0 Å². The van der Waals surface area contributed by atoms with Crippen LogP contribution >= 0.6 is 23.2 Å². The van der Waals surface area contributed by atoms with E-state index in [-0.39, 0.29) is 0 Å². The van der Waals surface area contributed by atoms with Crippen LogP contribution in [0.1, 0.15) is 25.0 Å². The average molecular weight is 308 g/mol. The monoisotopic (exact) mass is 307 g/mol. The first kappa shape index (κ1) is 15.2. The lowest BCUT2D eigenvalue weighted by Crippen LogP contribution is -2.30. The Morgan fingerprint density at radius 3 is 2.35 bits per heavy atom. The molecule has 2 aromatic rings. The summed E-state index contributed by atoms with van der Waals surface area (Å²) in [6.07, 6.45) is 0. The molecule has 0 spiro atoms. The van der Waals surface area contributed by atoms with Gasteiger partial charge < -0.3 is 4.90 Å². The first-order valence-electron chi connectivity index (χ1n) is 6.76. The summed E-state index contributed by atoms with van der Waals surface area (Å²) in [7, 11) is 0. The van der Waals surface area contributed by atoms with Crippen LogP contribution in [-0.2, 0) is 12.4 Å². The molecule has 0 fully saturated rings. The fraction of sp³-hybridized carbons (Fsp3) is 0.294. The maximum Gasteiger partial charge on any atom is 0.0495 e. The second kappa shape index (κ2) is 7.01. The predicted molar refractivity (Wildman–Crippen MR) is 88.8 cm³/mol. The van der Waals surface area contributed by atoms with Gasteiger partial charge in [-0.15, -0.1) is 11.6 Å². The van der Waals surface area contributed by atoms with E-state index in [0.29, 0.717) is 11.9 Å². The molecule has 0 saturated heterocycles. The summed E-state index contributed by atoms with van der Waals surface area (Å²) < 4.78 is 0. The molecule has 0 amide bonds. The molecule has 0 bridgehead atoms. The van der Waals surface area contributed by atoms with Crippen LogP contribution in [-0.4, -0.2) is 6.04 Å². The first-order valence-corrected chi connectivity index (χ1v) is 7.68. The van der Waals surface area contributed by atoms with E-state index in [2.05, 4.69) is 49.1 Å². The topological polar surface area (TPSA) is 3.24 Å². The van der Waals surface area contributed by atoms with Crippen LogP contribution in [0, 0.1) is 0 Å². The van der Waals surface area contributed by atoms with Crippen molar-refractivity contribution in [2.24, 2.45) is 0 Å². The van der Waals surface area contributed by atoms with Gasteiger partial charge in [-0.2, -0.15) is 0 Å². The summed E-state index contributed by atoms with van der Waals surface area (Å²) in [4.78, 5) is 2.35. The molecule has 0 aliphatic heterocycles. The molecule has 0 aliphatic carbocycles. The number of rotatable bonds is 5. The van der Waals surface area contributed by atoms with Gasteiger partial charge in [0.15, 0.2) is 0 Å². The number of nitrogens with zero attached hydrogens (tertiary/aromatic N) is 1. The molecule has 0 atom stereocenters. The normalized spacial score (nSPS) is 10.8. The van der Waals surface area contributed by atoms with Crippen LogP contribution < -0.4 is 4.90 Å². The smallest absolute Gasteiger partial charge is 0.0495 e. The van der Waals surface area contributed by atoms with E-state index in [9.17, 15) is 0 Å². The van der Waals surface area contributed by atoms with Crippen molar-refractivity contribution >= 4 is 28.9 Å². The van der Waals surface area contributed by atoms with Gasteiger partial charge in [0.1, 0.15) is 0 Å². The third kappa shape index (κ3) is 3.68. The molecule has 0 radical (unpaired) electrons. The molecule has 20 heavy (non-hydrogen) atoms. The number of hydrogen-bond acceptors (Lipinski definition) is 1. The highest BCUT2D eigenvalue weighted by Crippen LogP contribution is 2.28. The molecule has 3 heteroatoms. The van der Waals surface area contributed by atoms with Crippen molar-refractivity contribution in [1.82, 2.24) is 0 Å². The average Bonchev–Trinajstić information content (AvgIpc) is 2.46. The molecule has 0 heterocycles. The molecule has 2 rings (SSSR count). The summed E-state index contributed by atoms with van der Waals surface area (Å²) in [5, 5.41) is 0.729. The van der Waals surface area contributed by atoms with E-state index in [1.54, 1.807) is 0 Å². The molecule has 0 aromatic heterocycles. The standard InChI is InChI=1S/C17H19Cl2N/c1-13(2)20(12-14-6-4-3-5-7-14)17-9-8-16(19)10-15(17)11-18/h3-10,13H,11-12H2,1-2H3. The van der Waals surface area contributed by atoms with Crippen molar-refractivity contribution in [2.45, 2.75) is 32.3 Å². The fourth-order valence-corrected chi connectivity index (χ4v) is 2.68. The fourth-order valence-electron chi connectivity index (χ4n) is 2.27. The van der Waals surface area contributed by atoms with E-state index in [1.807, 2.05) is 18.2 Å². The van der Waals surface area contributed by atoms with Gasteiger partial charge in [-0.1, -0.05) is 41.9 Å². The highest BCUT2D eigenvalue weighted by atomic mass is 35.5. The predicted octanol–water partition coefficient (Wildman–Crippen LogP) is 5.49. The molecular formula is C17H19Cl2N. The Morgan fingerprint density at radius 2 is 1.75 bits per heavy atom. The van der Waals surface area contributed by atoms with Crippen LogP contribution in [0.2, 0.25) is 5.02 Å². The summed E-state index contributed by atoms with van der Waals surface area (Å²) in [6, 6.07) is 16.8. The quantitative estimate of drug-likeness (QED) is 0.660. The highest BCUT2D eigenvalue weighted by Gasteiger charge is 2.15. The lowest BCUT2D eigenvalue weighted by Gasteiger charge is -2.31. The Bertz CT molecular complexity index is 552. The Kier molecular flexibility index (Phi) is 5.33. The maximum atomic E-state index is 6.07. The van der Waals surface area contributed by atoms with E-state index in [0.717, 1.165) is 22.8 Å². The third-order valence-corrected chi connectivity index (χ3v) is 3.84. The van der Waals surface area contributed by atoms with Gasteiger partial charge in [-0.05, 0) is 43.2 Å². The van der Waals surface area contributed by atoms with Gasteiger partial charge in [-0.3, -0.25) is 0 Å². The zero-order valence-electron chi connectivity index (χ0n) is 11.8. The van der Waals surface area contributed by atoms with Gasteiger partial charge in [0.05, 0.1) is 0 Å². The minimum absolute atomic E-state index is 0.387. The van der Waals surface area contributed by atoms with Crippen LogP contribution in [0.15, 0.2) is 48.5 Å². The minimum Gasteiger partial charge on any atom is -0.365 e. The Hall–Kier alpha value is -1.18. The van der Waals surface area contributed by atoms with Crippen LogP contribution in [0.25, 0.3) is 0 Å². The van der Waals surface area contributed by atoms with Crippen molar-refractivity contribution in [3.8, 4) is 0 Å². The lowest BCUT2D eigenvalue weighted by molar-refractivity contribution is 0.680. The summed E-state index contributed by atoms with van der Waals surface area (Å²) in [5.74, 6) is 0.466. The number of alkyl halides is 1. The van der Waals surface area contributed by atoms with Gasteiger partial charge in [0, 0.05) is 29.2 Å². The van der Waals surface area contributed by atoms with Crippen molar-refractivity contribution in [2.75, 3.05) is 4.90 Å². The van der Waals surface area contributed by atoms with Crippen molar-refractivity contribution in [1.29, 1.82) is 0 Å². The second-order valence-electron chi connectivity index (χ2n) is 5.11. The number of hydrogen-bond donors (Lipinski definition) is 0. The number of halogens is 2. The molecule has 0 aliphatic rings. The maximum absolute atomic E-state index is 6.07. The Balaban J connectivity index is 2.34. The molecule has 1 nitrogen and oxygen atoms in total. The number of anilines is 1. The molecule has 0 saturated carbocycles. The molecule has 0 unspecified atom stereocenters. The molecular weight excluding hydrogens is 289 g/mol. The molecule has 2 aromatic carbocycles. The number of benzene rings is 2. The largest absolute Gasteiger partial charge is 0.365 e. The van der Waals surface area contributed by atoms with Crippen molar-refractivity contribution in [3.05, 3.63) is 64.7 Å². The van der Waals surface area contributed by atoms with Crippen LogP contribution in [0.5, 0.6) is 0 Å². The molecule has 0 N–H and O–H groups in total. The van der Waals surface area contributed by atoms with E-state index >= 15 is 0 Å². The van der Waals surface area contributed by atoms with Gasteiger partial charge >= 0.3 is 0 Å². The van der Waals surface area contributed by atoms with E-state index in [4.69, 9.17) is 23.2 Å². The van der Waals surface area contributed by atoms with Gasteiger partial charge in [-0.25, -0.2) is 0 Å². The summed E-state index contributed by atoms with van der Waals surface area (Å²) >= 11 is 12.1. The second-order valence-corrected chi connectivity index (χ2v) is 5.82. The SMILES string of the molecule is CC(C)N(Cc1ccccc1)c1ccc(Cl)cc1CCl. The van der Waals surface area contributed by atoms with Crippen LogP contribution in [0.3, 0.4) is 0 Å². The van der Waals surface area contributed by atoms with Crippen molar-refractivity contribution < 1.29 is 0 Å². The minimum atomic E-state index is 0.387.